The summed E-state index contributed by atoms with van der Waals surface area (Å²) < 4.78 is 14.7. The first-order chi connectivity index (χ1) is 6.41. The molecule has 0 aliphatic rings. The van der Waals surface area contributed by atoms with Gasteiger partial charge in [-0.1, -0.05) is 30.2 Å². The molecule has 0 aliphatic carbocycles. The quantitative estimate of drug-likeness (QED) is 0.535. The molecule has 0 bridgehead atoms. The highest BCUT2D eigenvalue weighted by Gasteiger charge is 1.94. The lowest BCUT2D eigenvalue weighted by Gasteiger charge is -2.10. The number of hydrogen-bond donors (Lipinski definition) is 0. The van der Waals surface area contributed by atoms with Gasteiger partial charge < -0.3 is 8.57 Å². The van der Waals surface area contributed by atoms with Crippen LogP contribution in [0, 0.1) is 5.92 Å². The second kappa shape index (κ2) is 6.76. The fourth-order valence-corrected chi connectivity index (χ4v) is 1.91. The van der Waals surface area contributed by atoms with Crippen LogP contribution in [-0.2, 0) is 19.6 Å². The van der Waals surface area contributed by atoms with E-state index in [0.717, 1.165) is 6.42 Å². The van der Waals surface area contributed by atoms with Crippen LogP contribution >= 0.6 is 0 Å². The lowest BCUT2D eigenvalue weighted by Crippen LogP contribution is -2.02. The number of allylic oxidation sites excluding steroid dienone is 2. The van der Waals surface area contributed by atoms with E-state index in [2.05, 4.69) is 10.4 Å². The standard InChI is InChI=1S/C10H18NO2S/c1-8(2)5-6-9(3)7-14(13)11-10(4)12/h5,9H,6-7H2,1-4H3/q-1/t9-/m0/s1. The van der Waals surface area contributed by atoms with Crippen molar-refractivity contribution in [2.75, 3.05) is 5.75 Å². The maximum absolute atomic E-state index is 11.2. The van der Waals surface area contributed by atoms with E-state index in [0.29, 0.717) is 11.7 Å². The zero-order valence-corrected chi connectivity index (χ0v) is 10.1. The van der Waals surface area contributed by atoms with Gasteiger partial charge in [-0.3, -0.25) is 4.79 Å². The Kier molecular flexibility index (Phi) is 6.45. The van der Waals surface area contributed by atoms with Crippen molar-refractivity contribution in [1.82, 2.24) is 0 Å². The summed E-state index contributed by atoms with van der Waals surface area (Å²) in [4.78, 5) is 10.5. The maximum Gasteiger partial charge on any atom is 0.219 e. The SMILES string of the molecule is CC(=O)N=[S-](=O)C[C@@H](C)CC=C(C)C. The monoisotopic (exact) mass is 216 g/mol. The molecule has 0 saturated carbocycles. The predicted octanol–water partition coefficient (Wildman–Crippen LogP) is 2.67. The molecule has 0 aromatic rings. The molecule has 4 heteroatoms. The Morgan fingerprint density at radius 2 is 2.00 bits per heavy atom. The molecule has 0 rings (SSSR count). The fourth-order valence-electron chi connectivity index (χ4n) is 0.929. The normalized spacial score (nSPS) is 14.9. The average Bonchev–Trinajstić information content (AvgIpc) is 1.98. The lowest BCUT2D eigenvalue weighted by atomic mass is 10.1. The van der Waals surface area contributed by atoms with E-state index in [-0.39, 0.29) is 5.91 Å². The molecule has 3 nitrogen and oxygen atoms in total. The van der Waals surface area contributed by atoms with Crippen LogP contribution in [0.3, 0.4) is 0 Å². The zero-order chi connectivity index (χ0) is 11.1. The third-order valence-corrected chi connectivity index (χ3v) is 2.90. The molecule has 0 spiro atoms. The van der Waals surface area contributed by atoms with Gasteiger partial charge in [0.25, 0.3) is 0 Å². The number of carbonyl (C=O) groups excluding carboxylic acids is 1. The van der Waals surface area contributed by atoms with Gasteiger partial charge in [-0.05, 0) is 20.3 Å². The van der Waals surface area contributed by atoms with Crippen LogP contribution < -0.4 is 0 Å². The number of rotatable bonds is 4. The minimum Gasteiger partial charge on any atom is -0.444 e. The van der Waals surface area contributed by atoms with E-state index in [1.165, 1.54) is 12.5 Å². The molecule has 14 heavy (non-hydrogen) atoms. The summed E-state index contributed by atoms with van der Waals surface area (Å²) in [5.74, 6) is 0.398. The van der Waals surface area contributed by atoms with Crippen molar-refractivity contribution in [3.8, 4) is 0 Å². The van der Waals surface area contributed by atoms with E-state index in [1.54, 1.807) is 0 Å². The summed E-state index contributed by atoms with van der Waals surface area (Å²) in [6.07, 6.45) is 3.00. The summed E-state index contributed by atoms with van der Waals surface area (Å²) in [6.45, 7) is 7.39. The first-order valence-electron chi connectivity index (χ1n) is 4.66. The highest BCUT2D eigenvalue weighted by atomic mass is 32.2. The molecule has 82 valence electrons. The third kappa shape index (κ3) is 7.98. The highest BCUT2D eigenvalue weighted by molar-refractivity contribution is 7.75. The van der Waals surface area contributed by atoms with Gasteiger partial charge in [0.15, 0.2) is 0 Å². The Labute approximate surface area is 87.8 Å². The smallest absolute Gasteiger partial charge is 0.219 e. The number of amides is 1. The number of nitrogens with zero attached hydrogens (tertiary/aromatic N) is 1. The van der Waals surface area contributed by atoms with Gasteiger partial charge in [0, 0.05) is 6.92 Å². The molecule has 0 aromatic heterocycles. The second-order valence-corrected chi connectivity index (χ2v) is 4.88. The van der Waals surface area contributed by atoms with Gasteiger partial charge in [-0.15, -0.1) is 0 Å². The van der Waals surface area contributed by atoms with Gasteiger partial charge in [0.2, 0.25) is 5.91 Å². The first-order valence-corrected chi connectivity index (χ1v) is 5.93. The van der Waals surface area contributed by atoms with Crippen molar-refractivity contribution >= 4 is 16.5 Å². The van der Waals surface area contributed by atoms with E-state index >= 15 is 0 Å². The van der Waals surface area contributed by atoms with Crippen LogP contribution in [0.4, 0.5) is 0 Å². The Morgan fingerprint density at radius 3 is 2.43 bits per heavy atom. The van der Waals surface area contributed by atoms with Crippen LogP contribution in [0.15, 0.2) is 16.0 Å². The molecule has 1 atom stereocenters. The van der Waals surface area contributed by atoms with Crippen molar-refractivity contribution in [1.29, 1.82) is 0 Å². The molecule has 1 amide bonds. The van der Waals surface area contributed by atoms with Crippen LogP contribution in [0.25, 0.3) is 0 Å². The summed E-state index contributed by atoms with van der Waals surface area (Å²) >= 11 is 0. The third-order valence-electron chi connectivity index (χ3n) is 1.59. The molecule has 0 N–H and O–H groups in total. The lowest BCUT2D eigenvalue weighted by molar-refractivity contribution is -0.115. The number of carbonyl (C=O) groups is 1. The minimum absolute atomic E-state index is 0.300. The van der Waals surface area contributed by atoms with Crippen LogP contribution in [0.2, 0.25) is 0 Å². The average molecular weight is 216 g/mol. The van der Waals surface area contributed by atoms with Gasteiger partial charge >= 0.3 is 0 Å². The summed E-state index contributed by atoms with van der Waals surface area (Å²) in [6, 6.07) is 0. The molecule has 0 aromatic carbocycles. The molecule has 0 radical (unpaired) electrons. The van der Waals surface area contributed by atoms with Gasteiger partial charge in [-0.25, -0.2) is 0 Å². The summed E-state index contributed by atoms with van der Waals surface area (Å²) in [7, 11) is -1.35. The van der Waals surface area contributed by atoms with Crippen LogP contribution in [0.5, 0.6) is 0 Å². The largest absolute Gasteiger partial charge is 0.444 e. The summed E-state index contributed by atoms with van der Waals surface area (Å²) in [5.41, 5.74) is 1.26. The minimum atomic E-state index is -1.35. The Hall–Kier alpha value is -0.640. The van der Waals surface area contributed by atoms with E-state index in [4.69, 9.17) is 0 Å². The first kappa shape index (κ1) is 13.4. The predicted molar refractivity (Wildman–Crippen MR) is 59.2 cm³/mol. The van der Waals surface area contributed by atoms with Crippen molar-refractivity contribution in [2.24, 2.45) is 10.3 Å². The van der Waals surface area contributed by atoms with Crippen LogP contribution in [0.1, 0.15) is 34.1 Å². The Bertz CT molecular complexity index is 297. The Morgan fingerprint density at radius 1 is 1.43 bits per heavy atom. The Balaban J connectivity index is 4.07. The van der Waals surface area contributed by atoms with E-state index in [9.17, 15) is 9.00 Å². The second-order valence-electron chi connectivity index (χ2n) is 3.72. The van der Waals surface area contributed by atoms with E-state index < -0.39 is 10.6 Å². The van der Waals surface area contributed by atoms with Crippen molar-refractivity contribution < 1.29 is 9.00 Å². The van der Waals surface area contributed by atoms with Gasteiger partial charge in [-0.2, -0.15) is 10.6 Å². The van der Waals surface area contributed by atoms with Crippen molar-refractivity contribution in [3.63, 3.8) is 0 Å². The van der Waals surface area contributed by atoms with Gasteiger partial charge in [0.05, 0.1) is 0 Å². The molecular formula is C10H18NO2S-. The zero-order valence-electron chi connectivity index (χ0n) is 9.24. The molecule has 0 saturated heterocycles. The fraction of sp³-hybridized carbons (Fsp3) is 0.700. The molecular weight excluding hydrogens is 198 g/mol. The number of hydrogen-bond acceptors (Lipinski definition) is 3. The molecule has 0 aliphatic heterocycles. The van der Waals surface area contributed by atoms with Crippen molar-refractivity contribution in [2.45, 2.75) is 34.1 Å². The summed E-state index contributed by atoms with van der Waals surface area (Å²) in [5, 5.41) is 0. The molecule has 0 unspecified atom stereocenters. The topological polar surface area (TPSA) is 46.5 Å². The van der Waals surface area contributed by atoms with Crippen LogP contribution in [-0.4, -0.2) is 11.7 Å². The van der Waals surface area contributed by atoms with Gasteiger partial charge in [0.1, 0.15) is 0 Å². The molecule has 0 fully saturated rings. The maximum atomic E-state index is 11.2. The molecule has 0 heterocycles. The van der Waals surface area contributed by atoms with E-state index in [1.807, 2.05) is 20.8 Å². The highest BCUT2D eigenvalue weighted by Crippen LogP contribution is 2.06. The van der Waals surface area contributed by atoms with Crippen molar-refractivity contribution in [3.05, 3.63) is 11.6 Å².